The first kappa shape index (κ1) is 16.7. The van der Waals surface area contributed by atoms with Crippen molar-refractivity contribution in [3.63, 3.8) is 0 Å². The van der Waals surface area contributed by atoms with Crippen LogP contribution in [-0.2, 0) is 4.79 Å². The fraction of sp³-hybridized carbons (Fsp3) is 0.818. The Kier molecular flexibility index (Phi) is 7.36. The molecule has 0 aromatic heterocycles. The van der Waals surface area contributed by atoms with Crippen molar-refractivity contribution >= 4 is 5.91 Å². The molecule has 0 aromatic rings. The van der Waals surface area contributed by atoms with E-state index in [1.807, 2.05) is 13.8 Å². The van der Waals surface area contributed by atoms with Crippen molar-refractivity contribution in [1.29, 1.82) is 5.26 Å². The van der Waals surface area contributed by atoms with E-state index >= 15 is 0 Å². The summed E-state index contributed by atoms with van der Waals surface area (Å²) in [5.41, 5.74) is 0. The van der Waals surface area contributed by atoms with Gasteiger partial charge in [-0.05, 0) is 13.3 Å². The summed E-state index contributed by atoms with van der Waals surface area (Å²) in [7, 11) is 0. The number of carbonyl (C=O) groups excluding carboxylic acids is 1. The third kappa shape index (κ3) is 7.12. The van der Waals surface area contributed by atoms with Gasteiger partial charge in [0.25, 0.3) is 0 Å². The number of nitrogens with zero attached hydrogens (tertiary/aromatic N) is 1. The van der Waals surface area contributed by atoms with Gasteiger partial charge in [-0.2, -0.15) is 18.4 Å². The molecule has 0 rings (SSSR count). The minimum atomic E-state index is -4.53. The van der Waals surface area contributed by atoms with Crippen molar-refractivity contribution in [3.05, 3.63) is 0 Å². The third-order valence-electron chi connectivity index (χ3n) is 2.45. The quantitative estimate of drug-likeness (QED) is 0.687. The van der Waals surface area contributed by atoms with Crippen molar-refractivity contribution < 1.29 is 18.0 Å². The zero-order valence-electron chi connectivity index (χ0n) is 10.5. The molecule has 0 aliphatic heterocycles. The number of hydrogen-bond acceptors (Lipinski definition) is 3. The lowest BCUT2D eigenvalue weighted by Gasteiger charge is -2.14. The number of amides is 1. The molecule has 0 saturated carbocycles. The molecular weight excluding hydrogens is 247 g/mol. The average Bonchev–Trinajstić information content (AvgIpc) is 2.27. The molecule has 0 fully saturated rings. The number of rotatable bonds is 7. The fourth-order valence-corrected chi connectivity index (χ4v) is 1.13. The van der Waals surface area contributed by atoms with Gasteiger partial charge in [0.05, 0.1) is 6.07 Å². The molecule has 2 unspecified atom stereocenters. The van der Waals surface area contributed by atoms with Crippen molar-refractivity contribution in [1.82, 2.24) is 10.6 Å². The van der Waals surface area contributed by atoms with Gasteiger partial charge in [0.1, 0.15) is 0 Å². The largest absolute Gasteiger partial charge is 0.405 e. The lowest BCUT2D eigenvalue weighted by Crippen LogP contribution is -2.36. The molecular formula is C11H18F3N3O. The summed E-state index contributed by atoms with van der Waals surface area (Å²) in [6.45, 7) is 3.40. The van der Waals surface area contributed by atoms with E-state index in [4.69, 9.17) is 5.26 Å². The molecule has 1 amide bonds. The average molecular weight is 265 g/mol. The van der Waals surface area contributed by atoms with Gasteiger partial charge in [-0.3, -0.25) is 4.79 Å². The van der Waals surface area contributed by atoms with Gasteiger partial charge in [0.2, 0.25) is 5.91 Å². The summed E-state index contributed by atoms with van der Waals surface area (Å²) < 4.78 is 36.5. The van der Waals surface area contributed by atoms with Crippen LogP contribution in [0.5, 0.6) is 0 Å². The van der Waals surface area contributed by atoms with E-state index in [-0.39, 0.29) is 24.9 Å². The number of nitrogens with one attached hydrogen (secondary N) is 2. The van der Waals surface area contributed by atoms with Crippen LogP contribution in [0.4, 0.5) is 13.2 Å². The Morgan fingerprint density at radius 3 is 2.50 bits per heavy atom. The van der Waals surface area contributed by atoms with Gasteiger partial charge in [-0.1, -0.05) is 6.92 Å². The summed E-state index contributed by atoms with van der Waals surface area (Å²) in [4.78, 5) is 11.3. The molecule has 0 radical (unpaired) electrons. The van der Waals surface area contributed by atoms with Crippen LogP contribution in [0.1, 0.15) is 26.7 Å². The molecule has 4 nitrogen and oxygen atoms in total. The standard InChI is InChI=1S/C11H18F3N3O/c1-3-8(2)17-10(18)4-5-16-7-9(6-15)11(12,13)14/h8-9,16H,3-5,7H2,1-2H3,(H,17,18). The van der Waals surface area contributed by atoms with Crippen molar-refractivity contribution in [3.8, 4) is 6.07 Å². The molecule has 7 heteroatoms. The second-order valence-electron chi connectivity index (χ2n) is 4.05. The molecule has 0 aliphatic carbocycles. The predicted octanol–water partition coefficient (Wildman–Crippen LogP) is 1.58. The molecule has 0 bridgehead atoms. The number of carbonyl (C=O) groups is 1. The number of nitriles is 1. The Hall–Kier alpha value is -1.29. The van der Waals surface area contributed by atoms with E-state index in [9.17, 15) is 18.0 Å². The van der Waals surface area contributed by atoms with Crippen LogP contribution in [0.15, 0.2) is 0 Å². The zero-order chi connectivity index (χ0) is 14.2. The Morgan fingerprint density at radius 2 is 2.06 bits per heavy atom. The topological polar surface area (TPSA) is 64.9 Å². The van der Waals surface area contributed by atoms with Crippen molar-refractivity contribution in [2.24, 2.45) is 5.92 Å². The van der Waals surface area contributed by atoms with Crippen LogP contribution >= 0.6 is 0 Å². The van der Waals surface area contributed by atoms with Crippen LogP contribution < -0.4 is 10.6 Å². The van der Waals surface area contributed by atoms with Crippen LogP contribution in [0.2, 0.25) is 0 Å². The van der Waals surface area contributed by atoms with Crippen LogP contribution in [0, 0.1) is 17.2 Å². The molecule has 2 atom stereocenters. The first-order valence-electron chi connectivity index (χ1n) is 5.77. The van der Waals surface area contributed by atoms with Crippen molar-refractivity contribution in [2.45, 2.75) is 38.9 Å². The predicted molar refractivity (Wildman–Crippen MR) is 60.5 cm³/mol. The van der Waals surface area contributed by atoms with Gasteiger partial charge < -0.3 is 10.6 Å². The zero-order valence-corrected chi connectivity index (χ0v) is 10.5. The van der Waals surface area contributed by atoms with Gasteiger partial charge in [0.15, 0.2) is 5.92 Å². The van der Waals surface area contributed by atoms with Crippen LogP contribution in [0.25, 0.3) is 0 Å². The summed E-state index contributed by atoms with van der Waals surface area (Å²) in [6, 6.07) is 1.24. The molecule has 0 aromatic carbocycles. The maximum absolute atomic E-state index is 12.2. The minimum Gasteiger partial charge on any atom is -0.354 e. The highest BCUT2D eigenvalue weighted by Crippen LogP contribution is 2.24. The highest BCUT2D eigenvalue weighted by molar-refractivity contribution is 5.76. The Morgan fingerprint density at radius 1 is 1.44 bits per heavy atom. The second-order valence-corrected chi connectivity index (χ2v) is 4.05. The van der Waals surface area contributed by atoms with Gasteiger partial charge in [0, 0.05) is 25.6 Å². The Balaban J connectivity index is 3.80. The van der Waals surface area contributed by atoms with Gasteiger partial charge >= 0.3 is 6.18 Å². The molecule has 104 valence electrons. The SMILES string of the molecule is CCC(C)NC(=O)CCNCC(C#N)C(F)(F)F. The maximum atomic E-state index is 12.2. The summed E-state index contributed by atoms with van der Waals surface area (Å²) in [5, 5.41) is 13.5. The number of alkyl halides is 3. The van der Waals surface area contributed by atoms with E-state index in [1.165, 1.54) is 6.07 Å². The van der Waals surface area contributed by atoms with Crippen LogP contribution in [-0.4, -0.2) is 31.2 Å². The summed E-state index contributed by atoms with van der Waals surface area (Å²) >= 11 is 0. The highest BCUT2D eigenvalue weighted by atomic mass is 19.4. The molecule has 0 aliphatic rings. The maximum Gasteiger partial charge on any atom is 0.405 e. The first-order valence-corrected chi connectivity index (χ1v) is 5.77. The number of halogens is 3. The minimum absolute atomic E-state index is 0.0551. The molecule has 18 heavy (non-hydrogen) atoms. The molecule has 2 N–H and O–H groups in total. The monoisotopic (exact) mass is 265 g/mol. The van der Waals surface area contributed by atoms with E-state index in [0.29, 0.717) is 0 Å². The Bertz CT molecular complexity index is 299. The van der Waals surface area contributed by atoms with E-state index < -0.39 is 18.6 Å². The highest BCUT2D eigenvalue weighted by Gasteiger charge is 2.39. The Labute approximate surface area is 105 Å². The molecule has 0 spiro atoms. The van der Waals surface area contributed by atoms with Gasteiger partial charge in [-0.15, -0.1) is 0 Å². The normalized spacial score (nSPS) is 14.7. The number of hydrogen-bond donors (Lipinski definition) is 2. The molecule has 0 saturated heterocycles. The van der Waals surface area contributed by atoms with Crippen molar-refractivity contribution in [2.75, 3.05) is 13.1 Å². The lowest BCUT2D eigenvalue weighted by molar-refractivity contribution is -0.157. The fourth-order valence-electron chi connectivity index (χ4n) is 1.13. The second kappa shape index (κ2) is 7.93. The van der Waals surface area contributed by atoms with E-state index in [2.05, 4.69) is 10.6 Å². The lowest BCUT2D eigenvalue weighted by atomic mass is 10.1. The third-order valence-corrected chi connectivity index (χ3v) is 2.45. The van der Waals surface area contributed by atoms with Gasteiger partial charge in [-0.25, -0.2) is 0 Å². The summed E-state index contributed by atoms with van der Waals surface area (Å²) in [5.74, 6) is -2.24. The first-order chi connectivity index (χ1) is 8.31. The van der Waals surface area contributed by atoms with Crippen LogP contribution in [0.3, 0.4) is 0 Å². The molecule has 0 heterocycles. The van der Waals surface area contributed by atoms with E-state index in [1.54, 1.807) is 0 Å². The smallest absolute Gasteiger partial charge is 0.354 e. The summed E-state index contributed by atoms with van der Waals surface area (Å²) in [6.07, 6.45) is -3.63. The van der Waals surface area contributed by atoms with E-state index in [0.717, 1.165) is 6.42 Å².